The van der Waals surface area contributed by atoms with Crippen LogP contribution in [0.2, 0.25) is 0 Å². The predicted octanol–water partition coefficient (Wildman–Crippen LogP) is 2.40. The van der Waals surface area contributed by atoms with Crippen LogP contribution in [0.5, 0.6) is 0 Å². The molecule has 2 aliphatic rings. The summed E-state index contributed by atoms with van der Waals surface area (Å²) in [6, 6.07) is 15.6. The number of aromatic nitrogens is 2. The minimum atomic E-state index is -0.451. The summed E-state index contributed by atoms with van der Waals surface area (Å²) in [5.41, 5.74) is 17.2. The monoisotopic (exact) mass is 496 g/mol. The summed E-state index contributed by atoms with van der Waals surface area (Å²) in [7, 11) is 1.92. The predicted molar refractivity (Wildman–Crippen MR) is 144 cm³/mol. The van der Waals surface area contributed by atoms with E-state index in [1.54, 1.807) is 18.3 Å². The van der Waals surface area contributed by atoms with Crippen molar-refractivity contribution in [2.24, 2.45) is 16.9 Å². The molecular weight excluding hydrogens is 464 g/mol. The van der Waals surface area contributed by atoms with E-state index in [0.29, 0.717) is 23.5 Å². The van der Waals surface area contributed by atoms with Gasteiger partial charge in [0.2, 0.25) is 5.91 Å². The van der Waals surface area contributed by atoms with Crippen LogP contribution >= 0.6 is 0 Å². The van der Waals surface area contributed by atoms with Gasteiger partial charge in [0.25, 0.3) is 0 Å². The largest absolute Gasteiger partial charge is 0.390 e. The Kier molecular flexibility index (Phi) is 6.83. The maximum atomic E-state index is 11.3. The molecule has 1 aliphatic heterocycles. The Hall–Kier alpha value is -3.93. The first-order chi connectivity index (χ1) is 17.9. The summed E-state index contributed by atoms with van der Waals surface area (Å²) in [6.45, 7) is 1.92. The molecule has 5 N–H and O–H groups in total. The number of hydrogen-bond donors (Lipinski definition) is 3. The van der Waals surface area contributed by atoms with Crippen LogP contribution in [0, 0.1) is 17.3 Å². The van der Waals surface area contributed by atoms with E-state index in [2.05, 4.69) is 51.0 Å². The van der Waals surface area contributed by atoms with Gasteiger partial charge in [-0.1, -0.05) is 30.2 Å². The van der Waals surface area contributed by atoms with E-state index in [1.807, 2.05) is 24.1 Å². The Morgan fingerprint density at radius 3 is 2.59 bits per heavy atom. The zero-order valence-corrected chi connectivity index (χ0v) is 21.0. The zero-order valence-electron chi connectivity index (χ0n) is 21.0. The van der Waals surface area contributed by atoms with Gasteiger partial charge in [-0.25, -0.2) is 9.97 Å². The standard InChI is InChI=1S/C29H32N6O2/c1-34(23-10-8-20(9-11-23)27(31)37)14-4-6-22-18-32-28(25(19-36)33-22)35-15-12-29(13-16-35)17-21-5-2-3-7-24(21)26(29)30/h2-3,5,7-11,18,26,36H,12-17,19,30H2,1H3,(H2,31,37)/t26-/m1/s1. The first-order valence-electron chi connectivity index (χ1n) is 12.6. The molecule has 1 amide bonds. The van der Waals surface area contributed by atoms with Gasteiger partial charge in [-0.05, 0) is 66.0 Å². The van der Waals surface area contributed by atoms with Crippen molar-refractivity contribution < 1.29 is 9.90 Å². The molecule has 0 bridgehead atoms. The number of piperidine rings is 1. The molecule has 37 heavy (non-hydrogen) atoms. The summed E-state index contributed by atoms with van der Waals surface area (Å²) in [4.78, 5) is 24.6. The number of nitrogens with zero attached hydrogens (tertiary/aromatic N) is 4. The number of amides is 1. The highest BCUT2D eigenvalue weighted by Crippen LogP contribution is 2.50. The lowest BCUT2D eigenvalue weighted by atomic mass is 9.73. The number of fused-ring (bicyclic) bond motifs is 1. The Morgan fingerprint density at radius 1 is 1.19 bits per heavy atom. The van der Waals surface area contributed by atoms with E-state index in [4.69, 9.17) is 11.5 Å². The highest BCUT2D eigenvalue weighted by Gasteiger charge is 2.46. The van der Waals surface area contributed by atoms with Gasteiger partial charge in [0.15, 0.2) is 5.82 Å². The van der Waals surface area contributed by atoms with Crippen molar-refractivity contribution in [3.05, 3.63) is 82.8 Å². The van der Waals surface area contributed by atoms with Gasteiger partial charge in [-0.2, -0.15) is 0 Å². The van der Waals surface area contributed by atoms with Crippen molar-refractivity contribution in [1.82, 2.24) is 9.97 Å². The number of aliphatic hydroxyl groups excluding tert-OH is 1. The van der Waals surface area contributed by atoms with Gasteiger partial charge in [-0.3, -0.25) is 4.79 Å². The van der Waals surface area contributed by atoms with E-state index in [0.717, 1.165) is 43.9 Å². The maximum Gasteiger partial charge on any atom is 0.248 e. The highest BCUT2D eigenvalue weighted by molar-refractivity contribution is 5.93. The van der Waals surface area contributed by atoms with Gasteiger partial charge >= 0.3 is 0 Å². The van der Waals surface area contributed by atoms with Crippen molar-refractivity contribution >= 4 is 17.4 Å². The quantitative estimate of drug-likeness (QED) is 0.464. The molecule has 2 aromatic carbocycles. The molecule has 1 spiro atoms. The van der Waals surface area contributed by atoms with E-state index in [-0.39, 0.29) is 18.1 Å². The minimum Gasteiger partial charge on any atom is -0.390 e. The van der Waals surface area contributed by atoms with Gasteiger partial charge < -0.3 is 26.4 Å². The molecule has 2 heterocycles. The lowest BCUT2D eigenvalue weighted by Crippen LogP contribution is -2.45. The van der Waals surface area contributed by atoms with Crippen molar-refractivity contribution in [2.45, 2.75) is 31.9 Å². The minimum absolute atomic E-state index is 0.0612. The molecule has 3 aromatic rings. The third-order valence-corrected chi connectivity index (χ3v) is 7.75. The molecule has 0 saturated carbocycles. The van der Waals surface area contributed by atoms with E-state index < -0.39 is 5.91 Å². The second kappa shape index (κ2) is 10.2. The number of aliphatic hydroxyl groups is 1. The molecule has 5 rings (SSSR count). The lowest BCUT2D eigenvalue weighted by Gasteiger charge is -2.42. The first-order valence-corrected chi connectivity index (χ1v) is 12.6. The highest BCUT2D eigenvalue weighted by atomic mass is 16.3. The first kappa shape index (κ1) is 24.8. The van der Waals surface area contributed by atoms with Gasteiger partial charge in [-0.15, -0.1) is 0 Å². The number of carbonyl (C=O) groups excluding carboxylic acids is 1. The number of benzene rings is 2. The van der Waals surface area contributed by atoms with Crippen molar-refractivity contribution in [1.29, 1.82) is 0 Å². The number of nitrogens with two attached hydrogens (primary N) is 2. The molecule has 1 fully saturated rings. The van der Waals surface area contributed by atoms with Crippen molar-refractivity contribution in [3.63, 3.8) is 0 Å². The van der Waals surface area contributed by atoms with Crippen molar-refractivity contribution in [2.75, 3.05) is 36.5 Å². The lowest BCUT2D eigenvalue weighted by molar-refractivity contribution is 0.100. The normalized spacial score (nSPS) is 17.7. The molecule has 1 atom stereocenters. The summed E-state index contributed by atoms with van der Waals surface area (Å²) < 4.78 is 0. The number of carbonyl (C=O) groups is 1. The Morgan fingerprint density at radius 2 is 1.92 bits per heavy atom. The van der Waals surface area contributed by atoms with Crippen LogP contribution in [0.25, 0.3) is 0 Å². The zero-order chi connectivity index (χ0) is 26.0. The Balaban J connectivity index is 1.23. The fourth-order valence-electron chi connectivity index (χ4n) is 5.54. The topological polar surface area (TPSA) is 122 Å². The Labute approximate surface area is 217 Å². The fraction of sp³-hybridized carbons (Fsp3) is 0.345. The van der Waals surface area contributed by atoms with Crippen LogP contribution in [0.4, 0.5) is 11.5 Å². The van der Waals surface area contributed by atoms with E-state index in [9.17, 15) is 9.90 Å². The Bertz CT molecular complexity index is 1350. The summed E-state index contributed by atoms with van der Waals surface area (Å²) >= 11 is 0. The van der Waals surface area contributed by atoms with Gasteiger partial charge in [0, 0.05) is 37.4 Å². The number of rotatable bonds is 5. The fourth-order valence-corrected chi connectivity index (χ4v) is 5.54. The molecule has 1 aliphatic carbocycles. The number of hydrogen-bond acceptors (Lipinski definition) is 7. The second-order valence-corrected chi connectivity index (χ2v) is 9.96. The van der Waals surface area contributed by atoms with E-state index >= 15 is 0 Å². The average molecular weight is 497 g/mol. The molecular formula is C29H32N6O2. The molecule has 8 heteroatoms. The van der Waals surface area contributed by atoms with Gasteiger partial charge in [0.1, 0.15) is 11.4 Å². The van der Waals surface area contributed by atoms with E-state index in [1.165, 1.54) is 11.1 Å². The third-order valence-electron chi connectivity index (χ3n) is 7.75. The number of anilines is 2. The molecule has 190 valence electrons. The summed E-state index contributed by atoms with van der Waals surface area (Å²) in [5.74, 6) is 6.43. The average Bonchev–Trinajstić information content (AvgIpc) is 3.20. The second-order valence-electron chi connectivity index (χ2n) is 9.96. The van der Waals surface area contributed by atoms with Crippen LogP contribution in [0.1, 0.15) is 51.8 Å². The van der Waals surface area contributed by atoms with Crippen LogP contribution in [0.15, 0.2) is 54.7 Å². The van der Waals surface area contributed by atoms with Crippen LogP contribution in [-0.4, -0.2) is 47.7 Å². The smallest absolute Gasteiger partial charge is 0.248 e. The molecule has 0 unspecified atom stereocenters. The van der Waals surface area contributed by atoms with Crippen LogP contribution in [0.3, 0.4) is 0 Å². The molecule has 1 aromatic heterocycles. The SMILES string of the molecule is CN(CC#Cc1cnc(N2CCC3(CC2)Cc2ccccc2[C@H]3N)c(CO)n1)c1ccc(C(N)=O)cc1. The van der Waals surface area contributed by atoms with Crippen LogP contribution in [-0.2, 0) is 13.0 Å². The van der Waals surface area contributed by atoms with Crippen LogP contribution < -0.4 is 21.3 Å². The number of primary amides is 1. The molecule has 0 radical (unpaired) electrons. The summed E-state index contributed by atoms with van der Waals surface area (Å²) in [5, 5.41) is 10.0. The maximum absolute atomic E-state index is 11.3. The summed E-state index contributed by atoms with van der Waals surface area (Å²) in [6.07, 6.45) is 4.65. The molecule has 8 nitrogen and oxygen atoms in total. The third kappa shape index (κ3) is 4.88. The molecule has 1 saturated heterocycles. The van der Waals surface area contributed by atoms with Crippen molar-refractivity contribution in [3.8, 4) is 11.8 Å². The van der Waals surface area contributed by atoms with Gasteiger partial charge in [0.05, 0.1) is 19.3 Å².